The van der Waals surface area contributed by atoms with Crippen LogP contribution in [-0.4, -0.2) is 17.4 Å². The van der Waals surface area contributed by atoms with E-state index in [2.05, 4.69) is 24.3 Å². The summed E-state index contributed by atoms with van der Waals surface area (Å²) in [6.45, 7) is 3.34. The third kappa shape index (κ3) is 4.68. The lowest BCUT2D eigenvalue weighted by Gasteiger charge is -2.19. The van der Waals surface area contributed by atoms with Crippen molar-refractivity contribution in [1.29, 1.82) is 0 Å². The third-order valence-corrected chi connectivity index (χ3v) is 5.08. The average molecular weight is 347 g/mol. The normalized spacial score (nSPS) is 10.9. The summed E-state index contributed by atoms with van der Waals surface area (Å²) in [5.41, 5.74) is 2.35. The third-order valence-electron chi connectivity index (χ3n) is 3.98. The Kier molecular flexibility index (Phi) is 5.81. The smallest absolute Gasteiger partial charge is 0.246 e. The van der Waals surface area contributed by atoms with E-state index in [1.165, 1.54) is 10.4 Å². The van der Waals surface area contributed by atoms with Crippen LogP contribution in [0.15, 0.2) is 78.9 Å². The second kappa shape index (κ2) is 8.45. The van der Waals surface area contributed by atoms with Gasteiger partial charge in [-0.2, -0.15) is 0 Å². The summed E-state index contributed by atoms with van der Waals surface area (Å²) in [7, 11) is 0. The van der Waals surface area contributed by atoms with Crippen LogP contribution in [-0.2, 0) is 11.3 Å². The van der Waals surface area contributed by atoms with E-state index in [0.29, 0.717) is 13.1 Å². The van der Waals surface area contributed by atoms with Crippen molar-refractivity contribution in [2.45, 2.75) is 13.5 Å². The summed E-state index contributed by atoms with van der Waals surface area (Å²) in [5, 5.41) is 0. The summed E-state index contributed by atoms with van der Waals surface area (Å²) in [5.74, 6) is 0.0426. The lowest BCUT2D eigenvalue weighted by atomic mass is 10.2. The Morgan fingerprint density at radius 3 is 2.32 bits per heavy atom. The van der Waals surface area contributed by atoms with E-state index in [1.54, 1.807) is 17.4 Å². The highest BCUT2D eigenvalue weighted by Gasteiger charge is 2.09. The van der Waals surface area contributed by atoms with E-state index in [9.17, 15) is 4.79 Å². The number of nitrogens with zero attached hydrogens (tertiary/aromatic N) is 1. The molecule has 1 heterocycles. The summed E-state index contributed by atoms with van der Waals surface area (Å²) >= 11 is 1.69. The lowest BCUT2D eigenvalue weighted by molar-refractivity contribution is -0.126. The summed E-state index contributed by atoms with van der Waals surface area (Å²) in [6.07, 6.45) is 3.58. The van der Waals surface area contributed by atoms with Gasteiger partial charge in [-0.05, 0) is 36.3 Å². The number of thiophene rings is 1. The van der Waals surface area contributed by atoms with Gasteiger partial charge in [-0.15, -0.1) is 11.3 Å². The van der Waals surface area contributed by atoms with Crippen LogP contribution >= 0.6 is 11.3 Å². The van der Waals surface area contributed by atoms with Crippen LogP contribution in [0, 0.1) is 0 Å². The van der Waals surface area contributed by atoms with Crippen LogP contribution in [0.25, 0.3) is 16.5 Å². The fourth-order valence-corrected chi connectivity index (χ4v) is 3.52. The minimum atomic E-state index is 0.0426. The molecular formula is C22H21NOS. The number of hydrogen-bond acceptors (Lipinski definition) is 2. The molecule has 0 N–H and O–H groups in total. The molecule has 25 heavy (non-hydrogen) atoms. The molecule has 0 bridgehead atoms. The SMILES string of the molecule is CCN(Cc1ccccc1)C(=O)C=Cc1ccc(-c2ccccc2)s1. The van der Waals surface area contributed by atoms with Crippen molar-refractivity contribution in [1.82, 2.24) is 4.90 Å². The van der Waals surface area contributed by atoms with Crippen LogP contribution in [0.2, 0.25) is 0 Å². The van der Waals surface area contributed by atoms with E-state index in [-0.39, 0.29) is 5.91 Å². The van der Waals surface area contributed by atoms with E-state index in [0.717, 1.165) is 10.4 Å². The van der Waals surface area contributed by atoms with Crippen molar-refractivity contribution in [3.63, 3.8) is 0 Å². The zero-order valence-electron chi connectivity index (χ0n) is 14.3. The molecule has 2 aromatic carbocycles. The van der Waals surface area contributed by atoms with Gasteiger partial charge in [0.15, 0.2) is 0 Å². The quantitative estimate of drug-likeness (QED) is 0.541. The lowest BCUT2D eigenvalue weighted by Crippen LogP contribution is -2.28. The molecule has 0 radical (unpaired) electrons. The number of hydrogen-bond donors (Lipinski definition) is 0. The summed E-state index contributed by atoms with van der Waals surface area (Å²) in [4.78, 5) is 16.6. The second-order valence-corrected chi connectivity index (χ2v) is 6.85. The molecule has 1 amide bonds. The maximum Gasteiger partial charge on any atom is 0.246 e. The number of carbonyl (C=O) groups is 1. The Labute approximate surface area is 153 Å². The van der Waals surface area contributed by atoms with Crippen LogP contribution < -0.4 is 0 Å². The number of likely N-dealkylation sites (N-methyl/N-ethyl adjacent to an activating group) is 1. The predicted molar refractivity (Wildman–Crippen MR) is 106 cm³/mol. The molecule has 3 heteroatoms. The molecule has 126 valence electrons. The molecule has 0 aliphatic rings. The average Bonchev–Trinajstić information content (AvgIpc) is 3.15. The van der Waals surface area contributed by atoms with E-state index in [1.807, 2.05) is 66.4 Å². The Balaban J connectivity index is 1.66. The van der Waals surface area contributed by atoms with Gasteiger partial charge in [-0.1, -0.05) is 60.7 Å². The first-order valence-corrected chi connectivity index (χ1v) is 9.24. The molecule has 0 fully saturated rings. The van der Waals surface area contributed by atoms with E-state index < -0.39 is 0 Å². The number of carbonyl (C=O) groups excluding carboxylic acids is 1. The van der Waals surface area contributed by atoms with Crippen LogP contribution in [0.5, 0.6) is 0 Å². The fraction of sp³-hybridized carbons (Fsp3) is 0.136. The highest BCUT2D eigenvalue weighted by atomic mass is 32.1. The molecule has 0 spiro atoms. The van der Waals surface area contributed by atoms with Gasteiger partial charge in [0.1, 0.15) is 0 Å². The van der Waals surface area contributed by atoms with Gasteiger partial charge in [0.2, 0.25) is 5.91 Å². The highest BCUT2D eigenvalue weighted by molar-refractivity contribution is 7.16. The van der Waals surface area contributed by atoms with Gasteiger partial charge in [-0.25, -0.2) is 0 Å². The van der Waals surface area contributed by atoms with Crippen LogP contribution in [0.4, 0.5) is 0 Å². The van der Waals surface area contributed by atoms with Gasteiger partial charge in [0.05, 0.1) is 0 Å². The molecular weight excluding hydrogens is 326 g/mol. The number of benzene rings is 2. The molecule has 0 aliphatic heterocycles. The Morgan fingerprint density at radius 2 is 1.64 bits per heavy atom. The maximum absolute atomic E-state index is 12.5. The van der Waals surface area contributed by atoms with Gasteiger partial charge in [0, 0.05) is 28.9 Å². The Hall–Kier alpha value is -2.65. The molecule has 0 saturated carbocycles. The zero-order chi connectivity index (χ0) is 17.5. The van der Waals surface area contributed by atoms with Crippen molar-refractivity contribution in [3.05, 3.63) is 89.3 Å². The van der Waals surface area contributed by atoms with Gasteiger partial charge < -0.3 is 4.90 Å². The van der Waals surface area contributed by atoms with Gasteiger partial charge >= 0.3 is 0 Å². The minimum absolute atomic E-state index is 0.0426. The second-order valence-electron chi connectivity index (χ2n) is 5.74. The van der Waals surface area contributed by atoms with Crippen molar-refractivity contribution in [2.75, 3.05) is 6.54 Å². The molecule has 1 aromatic heterocycles. The molecule has 0 unspecified atom stereocenters. The number of amides is 1. The molecule has 2 nitrogen and oxygen atoms in total. The fourth-order valence-electron chi connectivity index (χ4n) is 2.61. The minimum Gasteiger partial charge on any atom is -0.335 e. The van der Waals surface area contributed by atoms with Gasteiger partial charge in [-0.3, -0.25) is 4.79 Å². The monoisotopic (exact) mass is 347 g/mol. The maximum atomic E-state index is 12.5. The number of rotatable bonds is 6. The topological polar surface area (TPSA) is 20.3 Å². The van der Waals surface area contributed by atoms with Crippen molar-refractivity contribution in [2.24, 2.45) is 0 Å². The molecule has 0 atom stereocenters. The van der Waals surface area contributed by atoms with E-state index in [4.69, 9.17) is 0 Å². The summed E-state index contributed by atoms with van der Waals surface area (Å²) < 4.78 is 0. The first-order chi connectivity index (χ1) is 12.3. The standard InChI is InChI=1S/C22H21NOS/c1-2-23(17-18-9-5-3-6-10-18)22(24)16-14-20-13-15-21(25-20)19-11-7-4-8-12-19/h3-16H,2,17H2,1H3. The van der Waals surface area contributed by atoms with Crippen LogP contribution in [0.3, 0.4) is 0 Å². The van der Waals surface area contributed by atoms with Crippen LogP contribution in [0.1, 0.15) is 17.4 Å². The highest BCUT2D eigenvalue weighted by Crippen LogP contribution is 2.28. The molecule has 3 rings (SSSR count). The van der Waals surface area contributed by atoms with E-state index >= 15 is 0 Å². The predicted octanol–water partition coefficient (Wildman–Crippen LogP) is 5.48. The van der Waals surface area contributed by atoms with Gasteiger partial charge in [0.25, 0.3) is 0 Å². The molecule has 0 saturated heterocycles. The van der Waals surface area contributed by atoms with Crippen molar-refractivity contribution >= 4 is 23.3 Å². The Bertz CT molecular complexity index is 837. The molecule has 3 aromatic rings. The summed E-state index contributed by atoms with van der Waals surface area (Å²) in [6, 6.07) is 24.5. The molecule has 0 aliphatic carbocycles. The first-order valence-electron chi connectivity index (χ1n) is 8.42. The van der Waals surface area contributed by atoms with Crippen molar-refractivity contribution < 1.29 is 4.79 Å². The Morgan fingerprint density at radius 1 is 0.960 bits per heavy atom. The van der Waals surface area contributed by atoms with Crippen molar-refractivity contribution in [3.8, 4) is 10.4 Å². The first kappa shape index (κ1) is 17.2. The largest absolute Gasteiger partial charge is 0.335 e. The zero-order valence-corrected chi connectivity index (χ0v) is 15.1.